The summed E-state index contributed by atoms with van der Waals surface area (Å²) in [6.07, 6.45) is 5.99. The summed E-state index contributed by atoms with van der Waals surface area (Å²) in [7, 11) is 0. The molecular weight excluding hydrogens is 354 g/mol. The molecule has 1 amide bonds. The fraction of sp³-hybridized carbons (Fsp3) is 0.435. The van der Waals surface area contributed by atoms with E-state index < -0.39 is 0 Å². The molecule has 2 aromatic carbocycles. The van der Waals surface area contributed by atoms with Crippen LogP contribution in [0.5, 0.6) is 17.2 Å². The van der Waals surface area contributed by atoms with Gasteiger partial charge in [0.25, 0.3) is 0 Å². The van der Waals surface area contributed by atoms with Gasteiger partial charge in [0.05, 0.1) is 17.9 Å². The quantitative estimate of drug-likeness (QED) is 0.624. The summed E-state index contributed by atoms with van der Waals surface area (Å²) in [5.41, 5.74) is 1.64. The van der Waals surface area contributed by atoms with Gasteiger partial charge in [-0.25, -0.2) is 0 Å². The highest BCUT2D eigenvalue weighted by Gasteiger charge is 2.16. The maximum Gasteiger partial charge on any atom is 0.224 e. The highest BCUT2D eigenvalue weighted by atomic mass is 16.5. The van der Waals surface area contributed by atoms with E-state index in [0.717, 1.165) is 24.2 Å². The third-order valence-corrected chi connectivity index (χ3v) is 4.75. The Morgan fingerprint density at radius 2 is 1.96 bits per heavy atom. The van der Waals surface area contributed by atoms with Gasteiger partial charge in [-0.15, -0.1) is 0 Å². The average Bonchev–Trinajstić information content (AvgIpc) is 3.15. The molecule has 5 nitrogen and oxygen atoms in total. The summed E-state index contributed by atoms with van der Waals surface area (Å²) in [6, 6.07) is 12.7. The summed E-state index contributed by atoms with van der Waals surface area (Å²) in [4.78, 5) is 12.4. The SMILES string of the molecule is CC(C)Oc1cc(O)ccc1NC(=O)CCc1cccc(OC2CCCC2)c1. The van der Waals surface area contributed by atoms with Gasteiger partial charge in [-0.3, -0.25) is 4.79 Å². The molecule has 2 aromatic rings. The standard InChI is InChI=1S/C23H29NO4/c1-16(2)27-22-15-18(25)11-12-21(22)24-23(26)13-10-17-6-5-9-20(14-17)28-19-7-3-4-8-19/h5-6,9,11-12,14-16,19,25H,3-4,7-8,10,13H2,1-2H3,(H,24,26). The maximum atomic E-state index is 12.4. The normalized spacial score (nSPS) is 14.2. The summed E-state index contributed by atoms with van der Waals surface area (Å²) in [6.45, 7) is 3.80. The second kappa shape index (κ2) is 9.49. The van der Waals surface area contributed by atoms with Crippen LogP contribution in [0, 0.1) is 0 Å². The van der Waals surface area contributed by atoms with Gasteiger partial charge in [-0.05, 0) is 75.8 Å². The van der Waals surface area contributed by atoms with E-state index in [-0.39, 0.29) is 17.8 Å². The molecule has 5 heteroatoms. The van der Waals surface area contributed by atoms with E-state index in [1.165, 1.54) is 25.0 Å². The van der Waals surface area contributed by atoms with E-state index in [2.05, 4.69) is 5.32 Å². The van der Waals surface area contributed by atoms with Gasteiger partial charge in [0, 0.05) is 12.5 Å². The Hall–Kier alpha value is -2.69. The number of carbonyl (C=O) groups is 1. The van der Waals surface area contributed by atoms with Crippen molar-refractivity contribution < 1.29 is 19.4 Å². The van der Waals surface area contributed by atoms with Crippen molar-refractivity contribution in [3.63, 3.8) is 0 Å². The van der Waals surface area contributed by atoms with Crippen molar-refractivity contribution in [2.24, 2.45) is 0 Å². The molecule has 0 bridgehead atoms. The largest absolute Gasteiger partial charge is 0.508 e. The van der Waals surface area contributed by atoms with E-state index in [1.54, 1.807) is 6.07 Å². The number of hydrogen-bond acceptors (Lipinski definition) is 4. The highest BCUT2D eigenvalue weighted by molar-refractivity contribution is 5.92. The molecule has 0 spiro atoms. The monoisotopic (exact) mass is 383 g/mol. The van der Waals surface area contributed by atoms with Crippen LogP contribution in [0.25, 0.3) is 0 Å². The molecule has 0 saturated heterocycles. The van der Waals surface area contributed by atoms with Crippen LogP contribution in [0.4, 0.5) is 5.69 Å². The number of rotatable bonds is 8. The van der Waals surface area contributed by atoms with Crippen LogP contribution in [-0.4, -0.2) is 23.2 Å². The summed E-state index contributed by atoms with van der Waals surface area (Å²) in [5.74, 6) is 1.36. The Kier molecular flexibility index (Phi) is 6.80. The van der Waals surface area contributed by atoms with Crippen LogP contribution in [-0.2, 0) is 11.2 Å². The van der Waals surface area contributed by atoms with Gasteiger partial charge in [0.15, 0.2) is 0 Å². The molecule has 0 heterocycles. The molecule has 1 saturated carbocycles. The first-order valence-electron chi connectivity index (χ1n) is 10.0. The molecule has 3 rings (SSSR count). The number of ether oxygens (including phenoxy) is 2. The molecule has 1 aliphatic carbocycles. The maximum absolute atomic E-state index is 12.4. The van der Waals surface area contributed by atoms with E-state index in [4.69, 9.17) is 9.47 Å². The first-order valence-corrected chi connectivity index (χ1v) is 10.0. The number of anilines is 1. The number of nitrogens with one attached hydrogen (secondary N) is 1. The van der Waals surface area contributed by atoms with E-state index in [1.807, 2.05) is 38.1 Å². The molecule has 0 aliphatic heterocycles. The average molecular weight is 383 g/mol. The lowest BCUT2D eigenvalue weighted by molar-refractivity contribution is -0.116. The van der Waals surface area contributed by atoms with Crippen molar-refractivity contribution in [2.45, 2.75) is 64.6 Å². The first-order chi connectivity index (χ1) is 13.5. The van der Waals surface area contributed by atoms with Crippen LogP contribution in [0.2, 0.25) is 0 Å². The smallest absolute Gasteiger partial charge is 0.224 e. The van der Waals surface area contributed by atoms with E-state index in [0.29, 0.717) is 30.4 Å². The lowest BCUT2D eigenvalue weighted by atomic mass is 10.1. The number of aromatic hydroxyl groups is 1. The van der Waals surface area contributed by atoms with E-state index in [9.17, 15) is 9.90 Å². The van der Waals surface area contributed by atoms with Crippen molar-refractivity contribution in [3.8, 4) is 17.2 Å². The Bertz CT molecular complexity index is 797. The Labute approximate surface area is 166 Å². The van der Waals surface area contributed by atoms with Gasteiger partial charge in [0.1, 0.15) is 17.2 Å². The van der Waals surface area contributed by atoms with Crippen LogP contribution >= 0.6 is 0 Å². The third-order valence-electron chi connectivity index (χ3n) is 4.75. The topological polar surface area (TPSA) is 67.8 Å². The molecular formula is C23H29NO4. The van der Waals surface area contributed by atoms with Gasteiger partial charge in [0.2, 0.25) is 5.91 Å². The number of phenolic OH excluding ortho intramolecular Hbond substituents is 1. The van der Waals surface area contributed by atoms with Crippen LogP contribution in [0.3, 0.4) is 0 Å². The van der Waals surface area contributed by atoms with Gasteiger partial charge >= 0.3 is 0 Å². The second-order valence-corrected chi connectivity index (χ2v) is 7.57. The first kappa shape index (κ1) is 20.1. The molecule has 28 heavy (non-hydrogen) atoms. The number of aryl methyl sites for hydroxylation is 1. The van der Waals surface area contributed by atoms with Crippen LogP contribution in [0.15, 0.2) is 42.5 Å². The molecule has 1 fully saturated rings. The predicted molar refractivity (Wildman–Crippen MR) is 110 cm³/mol. The molecule has 2 N–H and O–H groups in total. The number of carbonyl (C=O) groups excluding carboxylic acids is 1. The third kappa shape index (κ3) is 5.91. The van der Waals surface area contributed by atoms with Crippen LogP contribution < -0.4 is 14.8 Å². The summed E-state index contributed by atoms with van der Waals surface area (Å²) >= 11 is 0. The van der Waals surface area contributed by atoms with Gasteiger partial charge in [-0.2, -0.15) is 0 Å². The van der Waals surface area contributed by atoms with Gasteiger partial charge in [-0.1, -0.05) is 12.1 Å². The van der Waals surface area contributed by atoms with Crippen molar-refractivity contribution in [1.82, 2.24) is 0 Å². The fourth-order valence-corrected chi connectivity index (χ4v) is 3.41. The van der Waals surface area contributed by atoms with Crippen molar-refractivity contribution in [2.75, 3.05) is 5.32 Å². The Balaban J connectivity index is 1.56. The molecule has 1 aliphatic rings. The molecule has 0 radical (unpaired) electrons. The van der Waals surface area contributed by atoms with Crippen molar-refractivity contribution in [1.29, 1.82) is 0 Å². The predicted octanol–water partition coefficient (Wildman–Crippen LogP) is 5.07. The molecule has 0 aromatic heterocycles. The fourth-order valence-electron chi connectivity index (χ4n) is 3.41. The summed E-state index contributed by atoms with van der Waals surface area (Å²) < 4.78 is 11.7. The van der Waals surface area contributed by atoms with Crippen molar-refractivity contribution >= 4 is 11.6 Å². The number of benzene rings is 2. The molecule has 0 unspecified atom stereocenters. The zero-order valence-electron chi connectivity index (χ0n) is 16.6. The molecule has 150 valence electrons. The lowest BCUT2D eigenvalue weighted by Gasteiger charge is -2.15. The minimum atomic E-state index is -0.0959. The summed E-state index contributed by atoms with van der Waals surface area (Å²) in [5, 5.41) is 12.5. The van der Waals surface area contributed by atoms with E-state index >= 15 is 0 Å². The zero-order chi connectivity index (χ0) is 19.9. The molecule has 0 atom stereocenters. The Morgan fingerprint density at radius 3 is 2.71 bits per heavy atom. The minimum absolute atomic E-state index is 0.0555. The van der Waals surface area contributed by atoms with Crippen molar-refractivity contribution in [3.05, 3.63) is 48.0 Å². The number of phenols is 1. The minimum Gasteiger partial charge on any atom is -0.508 e. The number of amides is 1. The zero-order valence-corrected chi connectivity index (χ0v) is 16.6. The second-order valence-electron chi connectivity index (χ2n) is 7.57. The Morgan fingerprint density at radius 1 is 1.18 bits per heavy atom. The van der Waals surface area contributed by atoms with Crippen LogP contribution in [0.1, 0.15) is 51.5 Å². The van der Waals surface area contributed by atoms with Gasteiger partial charge < -0.3 is 19.9 Å². The highest BCUT2D eigenvalue weighted by Crippen LogP contribution is 2.30. The lowest BCUT2D eigenvalue weighted by Crippen LogP contribution is -2.15. The number of hydrogen-bond donors (Lipinski definition) is 2.